The van der Waals surface area contributed by atoms with E-state index in [0.29, 0.717) is 12.5 Å². The van der Waals surface area contributed by atoms with E-state index in [-0.39, 0.29) is 5.91 Å². The third-order valence-electron chi connectivity index (χ3n) is 2.34. The van der Waals surface area contributed by atoms with Crippen LogP contribution in [0.15, 0.2) is 0 Å². The van der Waals surface area contributed by atoms with Crippen molar-refractivity contribution >= 4 is 5.91 Å². The van der Waals surface area contributed by atoms with Gasteiger partial charge in [-0.05, 0) is 19.3 Å². The number of amides is 1. The van der Waals surface area contributed by atoms with E-state index in [1.165, 1.54) is 0 Å². The molecule has 0 spiro atoms. The summed E-state index contributed by atoms with van der Waals surface area (Å²) in [5, 5.41) is 3.03. The van der Waals surface area contributed by atoms with Crippen molar-refractivity contribution in [2.75, 3.05) is 13.2 Å². The second-order valence-corrected chi connectivity index (χ2v) is 3.56. The lowest BCUT2D eigenvalue weighted by Gasteiger charge is -2.23. The van der Waals surface area contributed by atoms with Gasteiger partial charge in [0.1, 0.15) is 0 Å². The van der Waals surface area contributed by atoms with Crippen LogP contribution in [0.3, 0.4) is 0 Å². The van der Waals surface area contributed by atoms with Gasteiger partial charge in [0.05, 0.1) is 0 Å². The van der Waals surface area contributed by atoms with Gasteiger partial charge in [-0.25, -0.2) is 0 Å². The molecule has 0 aromatic heterocycles. The number of ether oxygens (including phenoxy) is 1. The standard InChI is InChI=1S/C10H19NO2.C2H6/c1-2-3-4-10(12)11-9-5-7-13-8-6-9;1-2/h9H,2-8H2,1H3,(H,11,12);1-2H3. The van der Waals surface area contributed by atoms with Crippen molar-refractivity contribution < 1.29 is 9.53 Å². The summed E-state index contributed by atoms with van der Waals surface area (Å²) in [5.74, 6) is 0.203. The maximum Gasteiger partial charge on any atom is 0.220 e. The first kappa shape index (κ1) is 14.4. The molecule has 0 bridgehead atoms. The SMILES string of the molecule is CC.CCCCC(=O)NC1CCOCC1. The minimum absolute atomic E-state index is 0.203. The second-order valence-electron chi connectivity index (χ2n) is 3.56. The Hall–Kier alpha value is -0.570. The molecule has 1 amide bonds. The molecule has 15 heavy (non-hydrogen) atoms. The van der Waals surface area contributed by atoms with Crippen LogP contribution >= 0.6 is 0 Å². The Morgan fingerprint density at radius 1 is 1.33 bits per heavy atom. The fourth-order valence-electron chi connectivity index (χ4n) is 1.48. The predicted octanol–water partition coefficient (Wildman–Crippen LogP) is 2.50. The van der Waals surface area contributed by atoms with Gasteiger partial charge in [0.2, 0.25) is 5.91 Å². The van der Waals surface area contributed by atoms with Gasteiger partial charge in [-0.15, -0.1) is 0 Å². The quantitative estimate of drug-likeness (QED) is 0.782. The number of nitrogens with one attached hydrogen (secondary N) is 1. The fraction of sp³-hybridized carbons (Fsp3) is 0.917. The van der Waals surface area contributed by atoms with E-state index in [1.54, 1.807) is 0 Å². The third kappa shape index (κ3) is 7.37. The van der Waals surface area contributed by atoms with E-state index in [4.69, 9.17) is 4.74 Å². The monoisotopic (exact) mass is 215 g/mol. The van der Waals surface area contributed by atoms with Crippen molar-refractivity contribution in [2.45, 2.75) is 58.9 Å². The average molecular weight is 215 g/mol. The molecule has 3 nitrogen and oxygen atoms in total. The summed E-state index contributed by atoms with van der Waals surface area (Å²) in [6.07, 6.45) is 4.69. The van der Waals surface area contributed by atoms with Gasteiger partial charge in [-0.2, -0.15) is 0 Å². The summed E-state index contributed by atoms with van der Waals surface area (Å²) in [5.41, 5.74) is 0. The molecule has 0 unspecified atom stereocenters. The maximum atomic E-state index is 11.3. The molecule has 1 rings (SSSR count). The average Bonchev–Trinajstić information content (AvgIpc) is 2.30. The number of carbonyl (C=O) groups is 1. The van der Waals surface area contributed by atoms with Crippen LogP contribution in [-0.2, 0) is 9.53 Å². The molecule has 0 aromatic rings. The van der Waals surface area contributed by atoms with Gasteiger partial charge < -0.3 is 10.1 Å². The van der Waals surface area contributed by atoms with Crippen LogP contribution in [0.25, 0.3) is 0 Å². The highest BCUT2D eigenvalue weighted by Crippen LogP contribution is 2.06. The fourth-order valence-corrected chi connectivity index (χ4v) is 1.48. The normalized spacial score (nSPS) is 16.5. The number of hydrogen-bond donors (Lipinski definition) is 1. The maximum absolute atomic E-state index is 11.3. The lowest BCUT2D eigenvalue weighted by atomic mass is 10.1. The van der Waals surface area contributed by atoms with E-state index < -0.39 is 0 Å². The minimum atomic E-state index is 0.203. The molecule has 0 radical (unpaired) electrons. The van der Waals surface area contributed by atoms with Crippen molar-refractivity contribution in [3.05, 3.63) is 0 Å². The molecular formula is C12H25NO2. The molecule has 1 aliphatic heterocycles. The van der Waals surface area contributed by atoms with Crippen LogP contribution in [0, 0.1) is 0 Å². The Kier molecular flexibility index (Phi) is 9.59. The van der Waals surface area contributed by atoms with E-state index >= 15 is 0 Å². The highest BCUT2D eigenvalue weighted by atomic mass is 16.5. The van der Waals surface area contributed by atoms with E-state index in [9.17, 15) is 4.79 Å². The highest BCUT2D eigenvalue weighted by Gasteiger charge is 2.15. The van der Waals surface area contributed by atoms with Crippen LogP contribution < -0.4 is 5.32 Å². The molecular weight excluding hydrogens is 190 g/mol. The van der Waals surface area contributed by atoms with Crippen LogP contribution in [0.5, 0.6) is 0 Å². The topological polar surface area (TPSA) is 38.3 Å². The van der Waals surface area contributed by atoms with Crippen LogP contribution in [0.4, 0.5) is 0 Å². The van der Waals surface area contributed by atoms with Crippen molar-refractivity contribution in [1.29, 1.82) is 0 Å². The van der Waals surface area contributed by atoms with Gasteiger partial charge >= 0.3 is 0 Å². The number of rotatable bonds is 4. The zero-order valence-corrected chi connectivity index (χ0v) is 10.3. The highest BCUT2D eigenvalue weighted by molar-refractivity contribution is 5.76. The van der Waals surface area contributed by atoms with Crippen LogP contribution in [0.2, 0.25) is 0 Å². The van der Waals surface area contributed by atoms with Crippen molar-refractivity contribution in [3.63, 3.8) is 0 Å². The molecule has 1 N–H and O–H groups in total. The van der Waals surface area contributed by atoms with Crippen LogP contribution in [-0.4, -0.2) is 25.2 Å². The van der Waals surface area contributed by atoms with Gasteiger partial charge in [0, 0.05) is 25.7 Å². The zero-order chi connectivity index (χ0) is 11.5. The molecule has 3 heteroatoms. The molecule has 0 saturated carbocycles. The summed E-state index contributed by atoms with van der Waals surface area (Å²) in [7, 11) is 0. The lowest BCUT2D eigenvalue weighted by molar-refractivity contribution is -0.122. The van der Waals surface area contributed by atoms with E-state index in [2.05, 4.69) is 12.2 Å². The molecule has 1 heterocycles. The molecule has 1 aliphatic rings. The van der Waals surface area contributed by atoms with Gasteiger partial charge in [-0.1, -0.05) is 27.2 Å². The molecule has 1 fully saturated rings. The first-order valence-electron chi connectivity index (χ1n) is 6.20. The summed E-state index contributed by atoms with van der Waals surface area (Å²) in [6, 6.07) is 0.359. The van der Waals surface area contributed by atoms with Gasteiger partial charge in [0.15, 0.2) is 0 Å². The Morgan fingerprint density at radius 2 is 1.93 bits per heavy atom. The Bertz CT molecular complexity index is 154. The molecule has 1 saturated heterocycles. The third-order valence-corrected chi connectivity index (χ3v) is 2.34. The number of carbonyl (C=O) groups excluding carboxylic acids is 1. The number of unbranched alkanes of at least 4 members (excludes halogenated alkanes) is 1. The predicted molar refractivity (Wildman–Crippen MR) is 62.9 cm³/mol. The first-order chi connectivity index (χ1) is 7.33. The van der Waals surface area contributed by atoms with E-state index in [1.807, 2.05) is 13.8 Å². The summed E-state index contributed by atoms with van der Waals surface area (Å²) < 4.78 is 5.21. The van der Waals surface area contributed by atoms with Crippen molar-refractivity contribution in [2.24, 2.45) is 0 Å². The Labute approximate surface area is 93.6 Å². The molecule has 90 valence electrons. The van der Waals surface area contributed by atoms with Crippen LogP contribution in [0.1, 0.15) is 52.9 Å². The summed E-state index contributed by atoms with van der Waals surface area (Å²) in [6.45, 7) is 7.68. The number of hydrogen-bond acceptors (Lipinski definition) is 2. The van der Waals surface area contributed by atoms with E-state index in [0.717, 1.165) is 38.9 Å². The smallest absolute Gasteiger partial charge is 0.220 e. The molecule has 0 aliphatic carbocycles. The second kappa shape index (κ2) is 9.97. The molecule has 0 atom stereocenters. The summed E-state index contributed by atoms with van der Waals surface area (Å²) >= 11 is 0. The minimum Gasteiger partial charge on any atom is -0.381 e. The zero-order valence-electron chi connectivity index (χ0n) is 10.3. The Morgan fingerprint density at radius 3 is 2.47 bits per heavy atom. The molecule has 0 aromatic carbocycles. The van der Waals surface area contributed by atoms with Crippen molar-refractivity contribution in [3.8, 4) is 0 Å². The largest absolute Gasteiger partial charge is 0.381 e. The summed E-state index contributed by atoms with van der Waals surface area (Å²) in [4.78, 5) is 11.3. The lowest BCUT2D eigenvalue weighted by Crippen LogP contribution is -2.38. The first-order valence-corrected chi connectivity index (χ1v) is 6.20. The van der Waals surface area contributed by atoms with Crippen molar-refractivity contribution in [1.82, 2.24) is 5.32 Å². The van der Waals surface area contributed by atoms with Gasteiger partial charge in [0.25, 0.3) is 0 Å². The Balaban J connectivity index is 0.000000921. The van der Waals surface area contributed by atoms with Gasteiger partial charge in [-0.3, -0.25) is 4.79 Å².